The van der Waals surface area contributed by atoms with Gasteiger partial charge in [-0.05, 0) is 40.5 Å². The van der Waals surface area contributed by atoms with E-state index in [0.29, 0.717) is 0 Å². The van der Waals surface area contributed by atoms with E-state index < -0.39 is 5.66 Å². The lowest BCUT2D eigenvalue weighted by Gasteiger charge is -2.24. The third-order valence-corrected chi connectivity index (χ3v) is 4.40. The maximum Gasteiger partial charge on any atom is 0.316 e. The Morgan fingerprint density at radius 1 is 0.917 bits per heavy atom. The highest BCUT2D eigenvalue weighted by Crippen LogP contribution is 2.17. The van der Waals surface area contributed by atoms with Gasteiger partial charge in [0.2, 0.25) is 0 Å². The molecule has 2 amide bonds. The Hall–Kier alpha value is -1.13. The first-order valence-electron chi connectivity index (χ1n) is 9.90. The van der Waals surface area contributed by atoms with Crippen LogP contribution in [0.4, 0.5) is 4.79 Å². The highest BCUT2D eigenvalue weighted by atomic mass is 16.2. The van der Waals surface area contributed by atoms with Gasteiger partial charge in [-0.2, -0.15) is 10.2 Å². The second-order valence-electron chi connectivity index (χ2n) is 7.92. The summed E-state index contributed by atoms with van der Waals surface area (Å²) in [6.45, 7) is 7.70. The number of carbonyl (C=O) groups is 1. The van der Waals surface area contributed by atoms with Crippen molar-refractivity contribution in [3.8, 4) is 0 Å². The van der Waals surface area contributed by atoms with Crippen molar-refractivity contribution in [2.75, 3.05) is 0 Å². The number of nitrogens with zero attached hydrogens (tertiary/aromatic N) is 2. The minimum atomic E-state index is -0.667. The van der Waals surface area contributed by atoms with Crippen molar-refractivity contribution in [2.24, 2.45) is 10.2 Å². The largest absolute Gasteiger partial charge is 0.335 e. The van der Waals surface area contributed by atoms with Crippen LogP contribution in [0.25, 0.3) is 0 Å². The van der Waals surface area contributed by atoms with Crippen molar-refractivity contribution in [1.82, 2.24) is 10.6 Å². The van der Waals surface area contributed by atoms with Gasteiger partial charge >= 0.3 is 6.03 Å². The summed E-state index contributed by atoms with van der Waals surface area (Å²) in [6.07, 6.45) is 14.0. The van der Waals surface area contributed by atoms with Crippen LogP contribution in [0.15, 0.2) is 10.2 Å². The zero-order valence-electron chi connectivity index (χ0n) is 16.2. The van der Waals surface area contributed by atoms with Crippen LogP contribution in [0.1, 0.15) is 98.3 Å². The van der Waals surface area contributed by atoms with Crippen LogP contribution in [-0.2, 0) is 0 Å². The zero-order chi connectivity index (χ0) is 17.8. The molecular weight excluding hydrogens is 300 g/mol. The van der Waals surface area contributed by atoms with Gasteiger partial charge in [0.15, 0.2) is 0 Å². The van der Waals surface area contributed by atoms with Crippen LogP contribution in [0.2, 0.25) is 0 Å². The van der Waals surface area contributed by atoms with Crippen molar-refractivity contribution in [3.63, 3.8) is 0 Å². The molecule has 2 N–H and O–H groups in total. The van der Waals surface area contributed by atoms with Gasteiger partial charge < -0.3 is 10.6 Å². The standard InChI is InChI=1S/C19H38N4O/c1-16(2)22-23-19(3,4)21-18(24)20-17-14-12-10-8-6-5-7-9-11-13-15-17/h16-17H,5-15H2,1-4H3,(H2,20,21,24)/b23-22+. The molecule has 140 valence electrons. The van der Waals surface area contributed by atoms with Crippen molar-refractivity contribution < 1.29 is 4.79 Å². The van der Waals surface area contributed by atoms with Crippen molar-refractivity contribution in [3.05, 3.63) is 0 Å². The molecule has 0 radical (unpaired) electrons. The molecule has 24 heavy (non-hydrogen) atoms. The SMILES string of the molecule is CC(C)/N=N/C(C)(C)NC(=O)NC1CCCCCCCCCCC1. The maximum absolute atomic E-state index is 12.3. The van der Waals surface area contributed by atoms with Gasteiger partial charge in [0.25, 0.3) is 0 Å². The van der Waals surface area contributed by atoms with E-state index in [9.17, 15) is 4.79 Å². The van der Waals surface area contributed by atoms with E-state index in [4.69, 9.17) is 0 Å². The van der Waals surface area contributed by atoms with Gasteiger partial charge in [0, 0.05) is 6.04 Å². The number of nitrogens with one attached hydrogen (secondary N) is 2. The molecule has 0 aromatic rings. The Labute approximate surface area is 148 Å². The highest BCUT2D eigenvalue weighted by Gasteiger charge is 2.21. The fourth-order valence-electron chi connectivity index (χ4n) is 3.09. The minimum absolute atomic E-state index is 0.125. The quantitative estimate of drug-likeness (QED) is 0.648. The number of azo groups is 1. The summed E-state index contributed by atoms with van der Waals surface area (Å²) in [5.41, 5.74) is -0.667. The van der Waals surface area contributed by atoms with Gasteiger partial charge in [0.05, 0.1) is 6.04 Å². The lowest BCUT2D eigenvalue weighted by Crippen LogP contribution is -2.50. The fourth-order valence-corrected chi connectivity index (χ4v) is 3.09. The van der Waals surface area contributed by atoms with Gasteiger partial charge in [-0.15, -0.1) is 0 Å². The van der Waals surface area contributed by atoms with Crippen molar-refractivity contribution in [1.29, 1.82) is 0 Å². The average molecular weight is 339 g/mol. The van der Waals surface area contributed by atoms with Crippen LogP contribution in [0.5, 0.6) is 0 Å². The van der Waals surface area contributed by atoms with Crippen LogP contribution < -0.4 is 10.6 Å². The Morgan fingerprint density at radius 3 is 1.83 bits per heavy atom. The summed E-state index contributed by atoms with van der Waals surface area (Å²) >= 11 is 0. The highest BCUT2D eigenvalue weighted by molar-refractivity contribution is 5.74. The number of carbonyl (C=O) groups excluding carboxylic acids is 1. The first kappa shape index (κ1) is 20.9. The Balaban J connectivity index is 2.45. The fraction of sp³-hybridized carbons (Fsp3) is 0.947. The van der Waals surface area contributed by atoms with Gasteiger partial charge in [-0.3, -0.25) is 0 Å². The molecule has 5 heteroatoms. The molecule has 0 saturated heterocycles. The van der Waals surface area contributed by atoms with Gasteiger partial charge in [0.1, 0.15) is 5.66 Å². The summed E-state index contributed by atoms with van der Waals surface area (Å²) in [5.74, 6) is 0. The van der Waals surface area contributed by atoms with Crippen LogP contribution in [-0.4, -0.2) is 23.8 Å². The number of urea groups is 1. The molecule has 0 atom stereocenters. The van der Waals surface area contributed by atoms with Gasteiger partial charge in [-0.1, -0.05) is 57.8 Å². The normalized spacial score (nSPS) is 19.7. The predicted octanol–water partition coefficient (Wildman–Crippen LogP) is 5.56. The number of hydrogen-bond acceptors (Lipinski definition) is 3. The minimum Gasteiger partial charge on any atom is -0.335 e. The van der Waals surface area contributed by atoms with E-state index in [1.54, 1.807) is 0 Å². The molecule has 0 bridgehead atoms. The van der Waals surface area contributed by atoms with E-state index in [1.807, 2.05) is 27.7 Å². The van der Waals surface area contributed by atoms with E-state index >= 15 is 0 Å². The van der Waals surface area contributed by atoms with Crippen LogP contribution in [0, 0.1) is 0 Å². The summed E-state index contributed by atoms with van der Waals surface area (Å²) in [5, 5.41) is 14.5. The second kappa shape index (κ2) is 11.4. The third kappa shape index (κ3) is 10.6. The van der Waals surface area contributed by atoms with E-state index in [0.717, 1.165) is 12.8 Å². The molecule has 0 spiro atoms. The predicted molar refractivity (Wildman–Crippen MR) is 100 cm³/mol. The monoisotopic (exact) mass is 338 g/mol. The van der Waals surface area contributed by atoms with E-state index in [1.165, 1.54) is 57.8 Å². The van der Waals surface area contributed by atoms with Crippen molar-refractivity contribution in [2.45, 2.75) is 116 Å². The summed E-state index contributed by atoms with van der Waals surface area (Å²) < 4.78 is 0. The van der Waals surface area contributed by atoms with E-state index in [2.05, 4.69) is 20.9 Å². The molecule has 0 aliphatic heterocycles. The molecule has 1 saturated carbocycles. The molecular formula is C19H38N4O. The molecule has 1 fully saturated rings. The van der Waals surface area contributed by atoms with Crippen molar-refractivity contribution >= 4 is 6.03 Å². The number of hydrogen-bond donors (Lipinski definition) is 2. The van der Waals surface area contributed by atoms with Crippen LogP contribution >= 0.6 is 0 Å². The lowest BCUT2D eigenvalue weighted by atomic mass is 9.98. The lowest BCUT2D eigenvalue weighted by molar-refractivity contribution is 0.223. The molecule has 0 heterocycles. The van der Waals surface area contributed by atoms with Crippen LogP contribution in [0.3, 0.4) is 0 Å². The second-order valence-corrected chi connectivity index (χ2v) is 7.92. The number of rotatable bonds is 4. The third-order valence-electron chi connectivity index (χ3n) is 4.40. The number of amides is 2. The molecule has 0 aromatic carbocycles. The summed E-state index contributed by atoms with van der Waals surface area (Å²) in [4.78, 5) is 12.3. The summed E-state index contributed by atoms with van der Waals surface area (Å²) in [6, 6.07) is 0.294. The van der Waals surface area contributed by atoms with E-state index in [-0.39, 0.29) is 18.1 Å². The average Bonchev–Trinajstić information content (AvgIpc) is 2.47. The molecule has 5 nitrogen and oxygen atoms in total. The Bertz CT molecular complexity index is 368. The first-order valence-corrected chi connectivity index (χ1v) is 9.90. The molecule has 0 aromatic heterocycles. The maximum atomic E-state index is 12.3. The molecule has 0 unspecified atom stereocenters. The Morgan fingerprint density at radius 2 is 1.38 bits per heavy atom. The summed E-state index contributed by atoms with van der Waals surface area (Å²) in [7, 11) is 0. The zero-order valence-corrected chi connectivity index (χ0v) is 16.2. The molecule has 1 aliphatic rings. The topological polar surface area (TPSA) is 65.8 Å². The molecule has 1 rings (SSSR count). The molecule has 1 aliphatic carbocycles. The Kier molecular flexibility index (Phi) is 9.96. The smallest absolute Gasteiger partial charge is 0.316 e. The first-order chi connectivity index (χ1) is 11.4. The van der Waals surface area contributed by atoms with Gasteiger partial charge in [-0.25, -0.2) is 4.79 Å².